The minimum Gasteiger partial charge on any atom is -0.494 e. The second-order valence-electron chi connectivity index (χ2n) is 13.8. The van der Waals surface area contributed by atoms with Crippen LogP contribution in [0.4, 0.5) is 0 Å². The molecule has 5 unspecified atom stereocenters. The summed E-state index contributed by atoms with van der Waals surface area (Å²) < 4.78 is 18.6. The van der Waals surface area contributed by atoms with Crippen LogP contribution in [-0.2, 0) is 14.3 Å². The van der Waals surface area contributed by atoms with Gasteiger partial charge in [-0.15, -0.1) is 0 Å². The molecule has 0 radical (unpaired) electrons. The van der Waals surface area contributed by atoms with Gasteiger partial charge >= 0.3 is 0 Å². The molecule has 1 aliphatic heterocycles. The van der Waals surface area contributed by atoms with Crippen molar-refractivity contribution in [3.8, 4) is 5.75 Å². The number of carbonyl (C=O) groups excluding carboxylic acids is 1. The molecule has 0 N–H and O–H groups in total. The molecule has 1 aromatic rings. The molecule has 1 saturated heterocycles. The fourth-order valence-electron chi connectivity index (χ4n) is 10.1. The highest BCUT2D eigenvalue weighted by Gasteiger charge is 2.58. The third-order valence-electron chi connectivity index (χ3n) is 12.2. The summed E-state index contributed by atoms with van der Waals surface area (Å²) in [6, 6.07) is 9.72. The van der Waals surface area contributed by atoms with Gasteiger partial charge in [-0.05, 0) is 106 Å². The molecular formula is C36H53NO4. The molecule has 0 aromatic heterocycles. The van der Waals surface area contributed by atoms with Gasteiger partial charge in [0, 0.05) is 36.8 Å². The lowest BCUT2D eigenvalue weighted by Crippen LogP contribution is -2.49. The summed E-state index contributed by atoms with van der Waals surface area (Å²) in [6.45, 7) is 8.95. The fourth-order valence-corrected chi connectivity index (χ4v) is 10.1. The van der Waals surface area contributed by atoms with Crippen LogP contribution >= 0.6 is 0 Å². The molecule has 1 spiro atoms. The maximum atomic E-state index is 13.6. The summed E-state index contributed by atoms with van der Waals surface area (Å²) in [7, 11) is 2.27. The number of fused-ring (bicyclic) bond motifs is 5. The summed E-state index contributed by atoms with van der Waals surface area (Å²) in [5.41, 5.74) is 2.74. The van der Waals surface area contributed by atoms with E-state index in [1.165, 1.54) is 31.2 Å². The van der Waals surface area contributed by atoms with Crippen molar-refractivity contribution in [1.29, 1.82) is 0 Å². The van der Waals surface area contributed by atoms with Crippen LogP contribution in [0.15, 0.2) is 35.9 Å². The van der Waals surface area contributed by atoms with Crippen LogP contribution in [0.1, 0.15) is 109 Å². The van der Waals surface area contributed by atoms with E-state index in [4.69, 9.17) is 14.2 Å². The van der Waals surface area contributed by atoms with Gasteiger partial charge in [0.15, 0.2) is 5.79 Å². The number of rotatable bonds is 10. The van der Waals surface area contributed by atoms with Gasteiger partial charge in [-0.1, -0.05) is 44.6 Å². The smallest absolute Gasteiger partial charge is 0.172 e. The number of ketones is 1. The maximum absolute atomic E-state index is 13.6. The van der Waals surface area contributed by atoms with Gasteiger partial charge in [-0.2, -0.15) is 0 Å². The molecule has 5 aliphatic rings. The molecule has 6 atom stereocenters. The number of benzene rings is 1. The normalized spacial score (nSPS) is 33.0. The number of hydrogen-bond acceptors (Lipinski definition) is 5. The summed E-state index contributed by atoms with van der Waals surface area (Å²) >= 11 is 0. The van der Waals surface area contributed by atoms with E-state index in [-0.39, 0.29) is 11.2 Å². The van der Waals surface area contributed by atoms with Gasteiger partial charge < -0.3 is 14.2 Å². The van der Waals surface area contributed by atoms with E-state index >= 15 is 0 Å². The van der Waals surface area contributed by atoms with E-state index in [1.807, 2.05) is 0 Å². The Morgan fingerprint density at radius 1 is 1.02 bits per heavy atom. The van der Waals surface area contributed by atoms with E-state index in [0.29, 0.717) is 48.1 Å². The standard InChI is InChI=1S/C36H53NO4/c1-5-27(6-2)37(4)33(7-3)25-9-8-10-28(23-25)39-20-19-35-17-15-30-29-16-18-36(40-21-22-41-36)24-26(29)11-12-31(30)32(35)13-14-34(35)38/h8-11,23,27,29-33H,5-7,12-22,24H2,1-4H3/t29?,30?,31?,32?,33?,35-/m1/s1. The lowest BCUT2D eigenvalue weighted by atomic mass is 9.51. The second-order valence-corrected chi connectivity index (χ2v) is 13.8. The SMILES string of the molecule is CCC(CC)N(C)C(CC)c1cccc(OCC[C@]23CCC4C5CCC6(CC5=CCC4C2CCC3=O)OCCO6)c1. The van der Waals surface area contributed by atoms with Crippen molar-refractivity contribution in [3.63, 3.8) is 0 Å². The third kappa shape index (κ3) is 5.33. The Labute approximate surface area is 248 Å². The van der Waals surface area contributed by atoms with Gasteiger partial charge in [0.2, 0.25) is 0 Å². The molecule has 1 aromatic carbocycles. The summed E-state index contributed by atoms with van der Waals surface area (Å²) in [4.78, 5) is 16.1. The summed E-state index contributed by atoms with van der Waals surface area (Å²) in [5, 5.41) is 0. The topological polar surface area (TPSA) is 48.0 Å². The number of nitrogens with zero attached hydrogens (tertiary/aromatic N) is 1. The molecule has 6 rings (SSSR count). The van der Waals surface area contributed by atoms with Crippen LogP contribution in [0.5, 0.6) is 5.75 Å². The first kappa shape index (κ1) is 29.4. The third-order valence-corrected chi connectivity index (χ3v) is 12.2. The van der Waals surface area contributed by atoms with Gasteiger partial charge in [0.05, 0.1) is 19.8 Å². The highest BCUT2D eigenvalue weighted by Crippen LogP contribution is 2.62. The highest BCUT2D eigenvalue weighted by atomic mass is 16.7. The van der Waals surface area contributed by atoms with Crippen LogP contribution < -0.4 is 4.74 Å². The van der Waals surface area contributed by atoms with Crippen molar-refractivity contribution in [2.75, 3.05) is 26.9 Å². The molecule has 4 aliphatic carbocycles. The molecule has 1 heterocycles. The first-order valence-corrected chi connectivity index (χ1v) is 16.9. The lowest BCUT2D eigenvalue weighted by Gasteiger charge is -2.53. The predicted molar refractivity (Wildman–Crippen MR) is 163 cm³/mol. The largest absolute Gasteiger partial charge is 0.494 e. The van der Waals surface area contributed by atoms with Crippen LogP contribution in [0, 0.1) is 29.1 Å². The van der Waals surface area contributed by atoms with Crippen molar-refractivity contribution in [3.05, 3.63) is 41.5 Å². The van der Waals surface area contributed by atoms with Crippen molar-refractivity contribution in [2.45, 2.75) is 116 Å². The molecule has 3 saturated carbocycles. The zero-order chi connectivity index (χ0) is 28.6. The first-order valence-electron chi connectivity index (χ1n) is 16.9. The van der Waals surface area contributed by atoms with Crippen molar-refractivity contribution in [2.24, 2.45) is 29.1 Å². The Balaban J connectivity index is 1.12. The van der Waals surface area contributed by atoms with Crippen molar-refractivity contribution >= 4 is 5.78 Å². The quantitative estimate of drug-likeness (QED) is 0.271. The number of hydrogen-bond donors (Lipinski definition) is 0. The summed E-state index contributed by atoms with van der Waals surface area (Å²) in [6.07, 6.45) is 15.1. The van der Waals surface area contributed by atoms with Crippen molar-refractivity contribution in [1.82, 2.24) is 4.90 Å². The van der Waals surface area contributed by atoms with E-state index in [0.717, 1.165) is 70.3 Å². The second kappa shape index (κ2) is 12.1. The molecule has 226 valence electrons. The molecule has 5 nitrogen and oxygen atoms in total. The average molecular weight is 564 g/mol. The van der Waals surface area contributed by atoms with E-state index in [1.54, 1.807) is 5.57 Å². The number of ether oxygens (including phenoxy) is 3. The molecule has 41 heavy (non-hydrogen) atoms. The zero-order valence-electron chi connectivity index (χ0n) is 26.0. The minimum absolute atomic E-state index is 0.181. The Hall–Kier alpha value is -1.69. The van der Waals surface area contributed by atoms with E-state index in [9.17, 15) is 4.79 Å². The highest BCUT2D eigenvalue weighted by molar-refractivity contribution is 5.87. The fraction of sp³-hybridized carbons (Fsp3) is 0.750. The van der Waals surface area contributed by atoms with Crippen molar-refractivity contribution < 1.29 is 19.0 Å². The zero-order valence-corrected chi connectivity index (χ0v) is 26.0. The predicted octanol–water partition coefficient (Wildman–Crippen LogP) is 7.89. The minimum atomic E-state index is -0.341. The first-order chi connectivity index (χ1) is 19.9. The van der Waals surface area contributed by atoms with Gasteiger partial charge in [-0.3, -0.25) is 9.69 Å². The molecule has 4 fully saturated rings. The maximum Gasteiger partial charge on any atom is 0.172 e. The Morgan fingerprint density at radius 3 is 2.59 bits per heavy atom. The Bertz CT molecular complexity index is 1100. The van der Waals surface area contributed by atoms with E-state index < -0.39 is 0 Å². The van der Waals surface area contributed by atoms with Crippen LogP contribution in [-0.4, -0.2) is 49.4 Å². The number of allylic oxidation sites excluding steroid dienone is 1. The van der Waals surface area contributed by atoms with Gasteiger partial charge in [0.25, 0.3) is 0 Å². The Kier molecular flexibility index (Phi) is 8.69. The number of carbonyl (C=O) groups is 1. The molecule has 0 amide bonds. The summed E-state index contributed by atoms with van der Waals surface area (Å²) in [5.74, 6) is 3.64. The number of Topliss-reactive ketones (excluding diaryl/α,β-unsaturated/α-hetero) is 1. The monoisotopic (exact) mass is 563 g/mol. The Morgan fingerprint density at radius 2 is 1.83 bits per heavy atom. The molecule has 0 bridgehead atoms. The van der Waals surface area contributed by atoms with Crippen LogP contribution in [0.25, 0.3) is 0 Å². The van der Waals surface area contributed by atoms with Gasteiger partial charge in [0.1, 0.15) is 11.5 Å². The van der Waals surface area contributed by atoms with Crippen LogP contribution in [0.2, 0.25) is 0 Å². The molecular weight excluding hydrogens is 510 g/mol. The lowest BCUT2D eigenvalue weighted by molar-refractivity contribution is -0.176. The van der Waals surface area contributed by atoms with Gasteiger partial charge in [-0.25, -0.2) is 0 Å². The average Bonchev–Trinajstić information content (AvgIpc) is 3.58. The van der Waals surface area contributed by atoms with E-state index in [2.05, 4.69) is 63.1 Å². The molecule has 5 heteroatoms. The van der Waals surface area contributed by atoms with Crippen LogP contribution in [0.3, 0.4) is 0 Å².